The summed E-state index contributed by atoms with van der Waals surface area (Å²) in [4.78, 5) is 6.53. The number of rotatable bonds is 9. The molecule has 0 heterocycles. The number of likely N-dealkylation sites (N-methyl/N-ethyl adjacent to an activating group) is 1. The van der Waals surface area contributed by atoms with E-state index in [-0.39, 0.29) is 0 Å². The third kappa shape index (κ3) is 8.53. The van der Waals surface area contributed by atoms with Gasteiger partial charge in [0.05, 0.1) is 19.3 Å². The zero-order chi connectivity index (χ0) is 19.8. The highest BCUT2D eigenvalue weighted by Gasteiger charge is 2.22. The number of nitrogens with one attached hydrogen (secondary N) is 2. The first-order chi connectivity index (χ1) is 12.0. The van der Waals surface area contributed by atoms with Crippen LogP contribution in [0.4, 0.5) is 0 Å². The maximum atomic E-state index is 11.5. The molecule has 1 aromatic carbocycles. The Balaban J connectivity index is 2.65. The lowest BCUT2D eigenvalue weighted by Crippen LogP contribution is -2.47. The summed E-state index contributed by atoms with van der Waals surface area (Å²) >= 11 is 0. The molecular weight excluding hydrogens is 352 g/mol. The van der Waals surface area contributed by atoms with Crippen LogP contribution < -0.4 is 14.8 Å². The molecule has 0 unspecified atom stereocenters. The van der Waals surface area contributed by atoms with E-state index in [4.69, 9.17) is 4.74 Å². The summed E-state index contributed by atoms with van der Waals surface area (Å²) in [5.74, 6) is 1.59. The normalized spacial score (nSPS) is 12.8. The van der Waals surface area contributed by atoms with Gasteiger partial charge in [0, 0.05) is 19.1 Å². The largest absolute Gasteiger partial charge is 0.491 e. The van der Waals surface area contributed by atoms with Gasteiger partial charge in [-0.15, -0.1) is 0 Å². The van der Waals surface area contributed by atoms with E-state index in [9.17, 15) is 8.42 Å². The molecule has 0 saturated carbocycles. The van der Waals surface area contributed by atoms with Crippen LogP contribution in [0.5, 0.6) is 5.75 Å². The molecular formula is C18H32N4O3S. The fourth-order valence-electron chi connectivity index (χ4n) is 2.39. The fraction of sp³-hybridized carbons (Fsp3) is 0.611. The van der Waals surface area contributed by atoms with Crippen molar-refractivity contribution in [1.82, 2.24) is 14.9 Å². The van der Waals surface area contributed by atoms with Crippen LogP contribution in [0.2, 0.25) is 0 Å². The number of benzene rings is 1. The number of aryl methyl sites for hydroxylation is 1. The number of para-hydroxylation sites is 1. The summed E-state index contributed by atoms with van der Waals surface area (Å²) in [6.45, 7) is 9.85. The molecule has 0 radical (unpaired) electrons. The van der Waals surface area contributed by atoms with Gasteiger partial charge in [0.1, 0.15) is 12.4 Å². The molecule has 2 N–H and O–H groups in total. The molecule has 0 fully saturated rings. The zero-order valence-corrected chi connectivity index (χ0v) is 17.5. The van der Waals surface area contributed by atoms with Crippen molar-refractivity contribution >= 4 is 16.0 Å². The van der Waals surface area contributed by atoms with E-state index in [1.54, 1.807) is 0 Å². The Kier molecular flexibility index (Phi) is 8.36. The summed E-state index contributed by atoms with van der Waals surface area (Å²) in [5.41, 5.74) is 0.441. The van der Waals surface area contributed by atoms with Crippen LogP contribution in [-0.2, 0) is 10.0 Å². The quantitative estimate of drug-likeness (QED) is 0.499. The van der Waals surface area contributed by atoms with E-state index in [2.05, 4.69) is 15.0 Å². The summed E-state index contributed by atoms with van der Waals surface area (Å²) < 4.78 is 31.3. The Morgan fingerprint density at radius 1 is 1.31 bits per heavy atom. The third-order valence-corrected chi connectivity index (χ3v) is 4.48. The van der Waals surface area contributed by atoms with Crippen molar-refractivity contribution in [2.75, 3.05) is 39.5 Å². The Hall–Kier alpha value is -1.80. The molecule has 0 amide bonds. The lowest BCUT2D eigenvalue weighted by molar-refractivity contribution is 0.279. The van der Waals surface area contributed by atoms with Crippen LogP contribution in [0.15, 0.2) is 29.3 Å². The van der Waals surface area contributed by atoms with Gasteiger partial charge in [0.2, 0.25) is 10.0 Å². The Labute approximate surface area is 157 Å². The van der Waals surface area contributed by atoms with E-state index in [0.29, 0.717) is 25.7 Å². The van der Waals surface area contributed by atoms with Gasteiger partial charge >= 0.3 is 0 Å². The molecule has 0 saturated heterocycles. The van der Waals surface area contributed by atoms with Crippen molar-refractivity contribution in [1.29, 1.82) is 0 Å². The van der Waals surface area contributed by atoms with E-state index in [0.717, 1.165) is 24.1 Å². The van der Waals surface area contributed by atoms with Gasteiger partial charge in [-0.3, -0.25) is 4.99 Å². The van der Waals surface area contributed by atoms with Crippen LogP contribution in [0, 0.1) is 6.92 Å². The predicted molar refractivity (Wildman–Crippen MR) is 107 cm³/mol. The molecule has 0 spiro atoms. The minimum atomic E-state index is -3.28. The molecule has 7 nitrogen and oxygen atoms in total. The van der Waals surface area contributed by atoms with E-state index >= 15 is 0 Å². The maximum absolute atomic E-state index is 11.5. The van der Waals surface area contributed by atoms with Gasteiger partial charge in [0.15, 0.2) is 5.96 Å². The molecule has 0 aliphatic heterocycles. The van der Waals surface area contributed by atoms with Crippen molar-refractivity contribution in [2.45, 2.75) is 33.2 Å². The molecule has 1 aromatic rings. The molecule has 0 aromatic heterocycles. The van der Waals surface area contributed by atoms with E-state index in [1.165, 1.54) is 0 Å². The zero-order valence-electron chi connectivity index (χ0n) is 16.7. The predicted octanol–water partition coefficient (Wildman–Crippen LogP) is 1.60. The molecule has 26 heavy (non-hydrogen) atoms. The average Bonchev–Trinajstić information content (AvgIpc) is 2.50. The lowest BCUT2D eigenvalue weighted by atomic mass is 10.1. The second-order valence-electron chi connectivity index (χ2n) is 6.96. The highest BCUT2D eigenvalue weighted by atomic mass is 32.2. The first-order valence-corrected chi connectivity index (χ1v) is 10.6. The van der Waals surface area contributed by atoms with Gasteiger partial charge in [-0.2, -0.15) is 0 Å². The minimum absolute atomic E-state index is 0.325. The summed E-state index contributed by atoms with van der Waals surface area (Å²) in [6.07, 6.45) is 1.15. The topological polar surface area (TPSA) is 83.0 Å². The molecule has 148 valence electrons. The summed E-state index contributed by atoms with van der Waals surface area (Å²) in [7, 11) is -1.35. The highest BCUT2D eigenvalue weighted by Crippen LogP contribution is 2.15. The van der Waals surface area contributed by atoms with Crippen molar-refractivity contribution in [3.63, 3.8) is 0 Å². The molecule has 0 aliphatic carbocycles. The molecule has 0 bridgehead atoms. The van der Waals surface area contributed by atoms with Gasteiger partial charge in [-0.05, 0) is 39.3 Å². The number of guanidine groups is 1. The van der Waals surface area contributed by atoms with Gasteiger partial charge < -0.3 is 15.0 Å². The number of hydrogen-bond acceptors (Lipinski definition) is 4. The standard InChI is InChI=1S/C18H32N4O3S/c1-7-19-17(20-14-18(3,4)21-26(6,23)24)22(5)12-13-25-16-11-9-8-10-15(16)2/h8-11,21H,7,12-14H2,1-6H3,(H,19,20). The first-order valence-electron chi connectivity index (χ1n) is 8.71. The number of aliphatic imine (C=N–C) groups is 1. The second kappa shape index (κ2) is 9.78. The maximum Gasteiger partial charge on any atom is 0.209 e. The third-order valence-electron chi connectivity index (χ3n) is 3.56. The van der Waals surface area contributed by atoms with Crippen LogP contribution in [0.1, 0.15) is 26.3 Å². The summed E-state index contributed by atoms with van der Waals surface area (Å²) in [5, 5.41) is 3.22. The van der Waals surface area contributed by atoms with Crippen molar-refractivity contribution in [3.05, 3.63) is 29.8 Å². The molecule has 0 aliphatic rings. The summed E-state index contributed by atoms with van der Waals surface area (Å²) in [6, 6.07) is 7.90. The number of nitrogens with zero attached hydrogens (tertiary/aromatic N) is 2. The number of hydrogen-bond donors (Lipinski definition) is 2. The van der Waals surface area contributed by atoms with E-state index in [1.807, 2.05) is 63.9 Å². The SMILES string of the molecule is CCNC(=NCC(C)(C)NS(C)(=O)=O)N(C)CCOc1ccccc1C. The molecule has 8 heteroatoms. The van der Waals surface area contributed by atoms with Crippen molar-refractivity contribution in [2.24, 2.45) is 4.99 Å². The Morgan fingerprint density at radius 3 is 2.54 bits per heavy atom. The smallest absolute Gasteiger partial charge is 0.209 e. The van der Waals surface area contributed by atoms with Crippen LogP contribution in [0.25, 0.3) is 0 Å². The minimum Gasteiger partial charge on any atom is -0.491 e. The van der Waals surface area contributed by atoms with Crippen LogP contribution >= 0.6 is 0 Å². The van der Waals surface area contributed by atoms with E-state index < -0.39 is 15.6 Å². The number of sulfonamides is 1. The highest BCUT2D eigenvalue weighted by molar-refractivity contribution is 7.88. The Bertz CT molecular complexity index is 702. The Morgan fingerprint density at radius 2 is 1.96 bits per heavy atom. The van der Waals surface area contributed by atoms with Crippen LogP contribution in [-0.4, -0.2) is 64.4 Å². The van der Waals surface area contributed by atoms with Gasteiger partial charge in [-0.25, -0.2) is 13.1 Å². The lowest BCUT2D eigenvalue weighted by Gasteiger charge is -2.26. The first kappa shape index (κ1) is 22.2. The van der Waals surface area contributed by atoms with Gasteiger partial charge in [-0.1, -0.05) is 18.2 Å². The molecule has 1 rings (SSSR count). The van der Waals surface area contributed by atoms with Gasteiger partial charge in [0.25, 0.3) is 0 Å². The van der Waals surface area contributed by atoms with Crippen molar-refractivity contribution < 1.29 is 13.2 Å². The van der Waals surface area contributed by atoms with Crippen LogP contribution in [0.3, 0.4) is 0 Å². The second-order valence-corrected chi connectivity index (χ2v) is 8.71. The fourth-order valence-corrected chi connectivity index (χ4v) is 3.46. The number of ether oxygens (including phenoxy) is 1. The molecule has 0 atom stereocenters. The van der Waals surface area contributed by atoms with Crippen molar-refractivity contribution in [3.8, 4) is 5.75 Å². The monoisotopic (exact) mass is 384 g/mol. The average molecular weight is 385 g/mol.